The van der Waals surface area contributed by atoms with Crippen LogP contribution in [-0.4, -0.2) is 24.2 Å². The first-order valence-electron chi connectivity index (χ1n) is 6.71. The van der Waals surface area contributed by atoms with Crippen LogP contribution in [0.25, 0.3) is 0 Å². The molecule has 2 N–H and O–H groups in total. The van der Waals surface area contributed by atoms with Crippen molar-refractivity contribution < 1.29 is 9.90 Å². The summed E-state index contributed by atoms with van der Waals surface area (Å²) in [7, 11) is 0. The molecule has 1 saturated heterocycles. The Morgan fingerprint density at radius 1 is 1.12 bits per heavy atom. The number of carbonyl (C=O) groups is 1. The van der Waals surface area contributed by atoms with Crippen LogP contribution in [0, 0.1) is 17.8 Å². The van der Waals surface area contributed by atoms with Crippen molar-refractivity contribution in [2.45, 2.75) is 44.9 Å². The van der Waals surface area contributed by atoms with Crippen LogP contribution in [0.4, 0.5) is 0 Å². The van der Waals surface area contributed by atoms with Crippen LogP contribution in [0.2, 0.25) is 0 Å². The summed E-state index contributed by atoms with van der Waals surface area (Å²) >= 11 is 0. The Hall–Kier alpha value is -0.570. The summed E-state index contributed by atoms with van der Waals surface area (Å²) in [4.78, 5) is 11.0. The van der Waals surface area contributed by atoms with E-state index in [1.807, 2.05) is 0 Å². The van der Waals surface area contributed by atoms with Crippen LogP contribution >= 0.6 is 0 Å². The van der Waals surface area contributed by atoms with Crippen molar-refractivity contribution in [2.75, 3.05) is 13.1 Å². The number of hydrogen-bond acceptors (Lipinski definition) is 2. The first kappa shape index (κ1) is 11.9. The molecular formula is C13H23NO2. The molecule has 16 heavy (non-hydrogen) atoms. The molecule has 2 rings (SSSR count). The van der Waals surface area contributed by atoms with Crippen LogP contribution in [0.15, 0.2) is 0 Å². The number of carboxylic acids is 1. The first-order chi connectivity index (χ1) is 7.77. The van der Waals surface area contributed by atoms with Crippen molar-refractivity contribution in [1.29, 1.82) is 0 Å². The average Bonchev–Trinajstić information content (AvgIpc) is 2.76. The minimum Gasteiger partial charge on any atom is -0.481 e. The van der Waals surface area contributed by atoms with Crippen LogP contribution in [0.5, 0.6) is 0 Å². The Balaban J connectivity index is 1.73. The molecule has 0 spiro atoms. The molecule has 2 fully saturated rings. The van der Waals surface area contributed by atoms with Crippen molar-refractivity contribution >= 4 is 5.97 Å². The molecule has 0 aromatic rings. The lowest BCUT2D eigenvalue weighted by molar-refractivity contribution is -0.142. The van der Waals surface area contributed by atoms with Gasteiger partial charge in [0.25, 0.3) is 0 Å². The van der Waals surface area contributed by atoms with Crippen molar-refractivity contribution in [3.05, 3.63) is 0 Å². The van der Waals surface area contributed by atoms with Crippen molar-refractivity contribution in [2.24, 2.45) is 17.8 Å². The molecule has 1 saturated carbocycles. The second-order valence-electron chi connectivity index (χ2n) is 5.44. The van der Waals surface area contributed by atoms with Gasteiger partial charge in [-0.3, -0.25) is 4.79 Å². The molecule has 3 nitrogen and oxygen atoms in total. The Bertz CT molecular complexity index is 236. The molecule has 1 aliphatic heterocycles. The van der Waals surface area contributed by atoms with Crippen LogP contribution in [0.3, 0.4) is 0 Å². The maximum atomic E-state index is 11.0. The average molecular weight is 225 g/mol. The van der Waals surface area contributed by atoms with Crippen molar-refractivity contribution in [1.82, 2.24) is 5.32 Å². The minimum atomic E-state index is -0.612. The molecule has 2 aliphatic rings. The SMILES string of the molecule is O=C(O)C1CNCC1CCC1CCCCC1. The fraction of sp³-hybridized carbons (Fsp3) is 0.923. The predicted octanol–water partition coefficient (Wildman–Crippen LogP) is 2.27. The summed E-state index contributed by atoms with van der Waals surface area (Å²) in [5.74, 6) is 0.505. The third kappa shape index (κ3) is 2.97. The first-order valence-corrected chi connectivity index (χ1v) is 6.71. The van der Waals surface area contributed by atoms with E-state index in [1.54, 1.807) is 0 Å². The lowest BCUT2D eigenvalue weighted by Crippen LogP contribution is -2.23. The van der Waals surface area contributed by atoms with Gasteiger partial charge in [0, 0.05) is 6.54 Å². The van der Waals surface area contributed by atoms with E-state index in [9.17, 15) is 4.79 Å². The van der Waals surface area contributed by atoms with Crippen LogP contribution in [-0.2, 0) is 4.79 Å². The molecule has 0 aromatic carbocycles. The van der Waals surface area contributed by atoms with Crippen LogP contribution in [0.1, 0.15) is 44.9 Å². The van der Waals surface area contributed by atoms with Gasteiger partial charge in [-0.1, -0.05) is 38.5 Å². The minimum absolute atomic E-state index is 0.136. The normalized spacial score (nSPS) is 31.8. The summed E-state index contributed by atoms with van der Waals surface area (Å²) in [5, 5.41) is 12.3. The van der Waals surface area contributed by atoms with Gasteiger partial charge in [-0.15, -0.1) is 0 Å². The van der Waals surface area contributed by atoms with E-state index in [1.165, 1.54) is 38.5 Å². The van der Waals surface area contributed by atoms with Gasteiger partial charge in [0.05, 0.1) is 5.92 Å². The molecule has 2 unspecified atom stereocenters. The molecule has 0 aromatic heterocycles. The van der Waals surface area contributed by atoms with E-state index in [2.05, 4.69) is 5.32 Å². The van der Waals surface area contributed by atoms with E-state index >= 15 is 0 Å². The zero-order valence-electron chi connectivity index (χ0n) is 9.95. The smallest absolute Gasteiger partial charge is 0.308 e. The highest BCUT2D eigenvalue weighted by atomic mass is 16.4. The molecule has 3 heteroatoms. The fourth-order valence-electron chi connectivity index (χ4n) is 3.25. The lowest BCUT2D eigenvalue weighted by Gasteiger charge is -2.23. The standard InChI is InChI=1S/C13H23NO2/c15-13(16)12-9-14-8-11(12)7-6-10-4-2-1-3-5-10/h10-12,14H,1-9H2,(H,15,16). The third-order valence-corrected chi connectivity index (χ3v) is 4.33. The zero-order chi connectivity index (χ0) is 11.4. The zero-order valence-corrected chi connectivity index (χ0v) is 9.95. The maximum absolute atomic E-state index is 11.0. The van der Waals surface area contributed by atoms with Gasteiger partial charge in [0.1, 0.15) is 0 Å². The molecular weight excluding hydrogens is 202 g/mol. The van der Waals surface area contributed by atoms with E-state index in [4.69, 9.17) is 5.11 Å². The number of rotatable bonds is 4. The van der Waals surface area contributed by atoms with Gasteiger partial charge < -0.3 is 10.4 Å². The van der Waals surface area contributed by atoms with Gasteiger partial charge >= 0.3 is 5.97 Å². The highest BCUT2D eigenvalue weighted by Gasteiger charge is 2.32. The second kappa shape index (κ2) is 5.67. The van der Waals surface area contributed by atoms with Gasteiger partial charge in [0.15, 0.2) is 0 Å². The van der Waals surface area contributed by atoms with Gasteiger partial charge in [0.2, 0.25) is 0 Å². The number of carboxylic acid groups (broad SMARTS) is 1. The quantitative estimate of drug-likeness (QED) is 0.771. The Labute approximate surface area is 97.6 Å². The van der Waals surface area contributed by atoms with Crippen molar-refractivity contribution in [3.8, 4) is 0 Å². The van der Waals surface area contributed by atoms with Gasteiger partial charge in [-0.05, 0) is 24.8 Å². The largest absolute Gasteiger partial charge is 0.481 e. The molecule has 0 bridgehead atoms. The molecule has 1 aliphatic carbocycles. The highest BCUT2D eigenvalue weighted by molar-refractivity contribution is 5.71. The van der Waals surface area contributed by atoms with Crippen molar-refractivity contribution in [3.63, 3.8) is 0 Å². The Morgan fingerprint density at radius 2 is 1.88 bits per heavy atom. The number of aliphatic carboxylic acids is 1. The Morgan fingerprint density at radius 3 is 2.56 bits per heavy atom. The molecule has 1 heterocycles. The summed E-state index contributed by atoms with van der Waals surface area (Å²) < 4.78 is 0. The Kier molecular flexibility index (Phi) is 4.22. The van der Waals surface area contributed by atoms with Crippen LogP contribution < -0.4 is 5.32 Å². The van der Waals surface area contributed by atoms with Gasteiger partial charge in [-0.25, -0.2) is 0 Å². The molecule has 2 atom stereocenters. The summed E-state index contributed by atoms with van der Waals surface area (Å²) in [6.45, 7) is 1.58. The fourth-order valence-corrected chi connectivity index (χ4v) is 3.25. The van der Waals surface area contributed by atoms with E-state index in [-0.39, 0.29) is 5.92 Å². The third-order valence-electron chi connectivity index (χ3n) is 4.33. The monoisotopic (exact) mass is 225 g/mol. The number of hydrogen-bond donors (Lipinski definition) is 2. The van der Waals surface area contributed by atoms with E-state index < -0.39 is 5.97 Å². The summed E-state index contributed by atoms with van der Waals surface area (Å²) in [6.07, 6.45) is 9.27. The molecule has 0 radical (unpaired) electrons. The predicted molar refractivity (Wildman–Crippen MR) is 63.3 cm³/mol. The van der Waals surface area contributed by atoms with E-state index in [0.717, 1.165) is 18.9 Å². The lowest BCUT2D eigenvalue weighted by atomic mass is 9.82. The summed E-state index contributed by atoms with van der Waals surface area (Å²) in [6, 6.07) is 0. The van der Waals surface area contributed by atoms with Gasteiger partial charge in [-0.2, -0.15) is 0 Å². The molecule has 0 amide bonds. The summed E-state index contributed by atoms with van der Waals surface area (Å²) in [5.41, 5.74) is 0. The van der Waals surface area contributed by atoms with E-state index in [0.29, 0.717) is 12.5 Å². The maximum Gasteiger partial charge on any atom is 0.308 e. The molecule has 92 valence electrons. The number of nitrogens with one attached hydrogen (secondary N) is 1. The second-order valence-corrected chi connectivity index (χ2v) is 5.44. The topological polar surface area (TPSA) is 49.3 Å². The highest BCUT2D eigenvalue weighted by Crippen LogP contribution is 2.31.